The van der Waals surface area contributed by atoms with Crippen molar-refractivity contribution in [2.75, 3.05) is 33.2 Å². The molecular weight excluding hydrogens is 545 g/mol. The summed E-state index contributed by atoms with van der Waals surface area (Å²) in [5, 5.41) is 11.6. The quantitative estimate of drug-likeness (QED) is 0.273. The molecule has 3 aromatic rings. The predicted octanol–water partition coefficient (Wildman–Crippen LogP) is 1.70. The van der Waals surface area contributed by atoms with Crippen molar-refractivity contribution in [2.45, 2.75) is 12.3 Å². The van der Waals surface area contributed by atoms with Gasteiger partial charge in [-0.2, -0.15) is 9.40 Å². The molecule has 0 unspecified atom stereocenters. The van der Waals surface area contributed by atoms with Gasteiger partial charge >= 0.3 is 0 Å². The molecule has 1 aromatic carbocycles. The minimum atomic E-state index is -3.43. The fourth-order valence-electron chi connectivity index (χ4n) is 3.45. The molecule has 1 saturated heterocycles. The topological polar surface area (TPSA) is 109 Å². The molecule has 10 nitrogen and oxygen atoms in total. The molecule has 3 heterocycles. The molecule has 1 N–H and O–H groups in total. The molecule has 0 saturated carbocycles. The molecule has 1 aliphatic rings. The molecule has 0 spiro atoms. The van der Waals surface area contributed by atoms with E-state index >= 15 is 0 Å². The Kier molecular flexibility index (Phi) is 8.26. The average Bonchev–Trinajstić information content (AvgIpc) is 3.47. The number of aliphatic imine (C=N–C) groups is 1. The molecule has 0 aliphatic carbocycles. The highest BCUT2D eigenvalue weighted by atomic mass is 127. The summed E-state index contributed by atoms with van der Waals surface area (Å²) in [5.41, 5.74) is 2.30. The first-order valence-corrected chi connectivity index (χ1v) is 11.6. The number of para-hydroxylation sites is 1. The summed E-state index contributed by atoms with van der Waals surface area (Å²) in [5.74, 6) is 0.573. The molecule has 0 atom stereocenters. The van der Waals surface area contributed by atoms with Crippen molar-refractivity contribution >= 4 is 40.0 Å². The van der Waals surface area contributed by atoms with Gasteiger partial charge in [-0.25, -0.2) is 13.1 Å². The van der Waals surface area contributed by atoms with Gasteiger partial charge in [-0.15, -0.1) is 24.0 Å². The predicted molar refractivity (Wildman–Crippen MR) is 131 cm³/mol. The summed E-state index contributed by atoms with van der Waals surface area (Å²) in [4.78, 5) is 6.40. The van der Waals surface area contributed by atoms with E-state index in [2.05, 4.69) is 25.5 Å². The van der Waals surface area contributed by atoms with E-state index in [1.54, 1.807) is 13.1 Å². The van der Waals surface area contributed by atoms with E-state index in [0.717, 1.165) is 17.3 Å². The summed E-state index contributed by atoms with van der Waals surface area (Å²) in [7, 11) is -1.71. The lowest BCUT2D eigenvalue weighted by Gasteiger charge is -2.35. The van der Waals surface area contributed by atoms with Crippen LogP contribution in [0.2, 0.25) is 0 Å². The van der Waals surface area contributed by atoms with Gasteiger partial charge in [-0.05, 0) is 18.2 Å². The van der Waals surface area contributed by atoms with E-state index in [-0.39, 0.29) is 29.7 Å². The van der Waals surface area contributed by atoms with Crippen LogP contribution in [0, 0.1) is 0 Å². The number of nitrogens with one attached hydrogen (secondary N) is 1. The van der Waals surface area contributed by atoms with Crippen molar-refractivity contribution in [3.8, 4) is 5.69 Å². The summed E-state index contributed by atoms with van der Waals surface area (Å²) in [6.45, 7) is 2.41. The second kappa shape index (κ2) is 10.9. The molecule has 32 heavy (non-hydrogen) atoms. The van der Waals surface area contributed by atoms with Crippen LogP contribution < -0.4 is 5.32 Å². The van der Waals surface area contributed by atoms with E-state index in [4.69, 9.17) is 4.52 Å². The van der Waals surface area contributed by atoms with Gasteiger partial charge in [0.2, 0.25) is 10.0 Å². The van der Waals surface area contributed by atoms with Crippen molar-refractivity contribution in [3.05, 3.63) is 66.3 Å². The summed E-state index contributed by atoms with van der Waals surface area (Å²) in [6.07, 6.45) is 3.30. The molecule has 0 bridgehead atoms. The SMILES string of the molecule is CN=C(NCc1ccn(-c2ccccc2)n1)N1CCN(S(=O)(=O)Cc2ccon2)CC1.I. The number of benzene rings is 1. The molecule has 2 aromatic heterocycles. The van der Waals surface area contributed by atoms with Crippen LogP contribution in [0.5, 0.6) is 0 Å². The summed E-state index contributed by atoms with van der Waals surface area (Å²) in [6, 6.07) is 13.4. The molecule has 1 aliphatic heterocycles. The van der Waals surface area contributed by atoms with Crippen LogP contribution in [-0.2, 0) is 22.3 Å². The van der Waals surface area contributed by atoms with Crippen molar-refractivity contribution in [2.24, 2.45) is 4.99 Å². The van der Waals surface area contributed by atoms with Crippen LogP contribution in [0.1, 0.15) is 11.4 Å². The molecular formula is C20H26IN7O3S. The fourth-order valence-corrected chi connectivity index (χ4v) is 4.88. The van der Waals surface area contributed by atoms with Crippen molar-refractivity contribution in [1.82, 2.24) is 29.5 Å². The maximum atomic E-state index is 12.6. The lowest BCUT2D eigenvalue weighted by molar-refractivity contribution is 0.259. The lowest BCUT2D eigenvalue weighted by Crippen LogP contribution is -2.53. The Morgan fingerprint density at radius 3 is 2.50 bits per heavy atom. The Labute approximate surface area is 204 Å². The lowest BCUT2D eigenvalue weighted by atomic mass is 10.3. The molecule has 4 rings (SSSR count). The highest BCUT2D eigenvalue weighted by molar-refractivity contribution is 14.0. The third-order valence-corrected chi connectivity index (χ3v) is 6.87. The molecule has 1 fully saturated rings. The third kappa shape index (κ3) is 5.86. The number of hydrogen-bond acceptors (Lipinski definition) is 6. The fraction of sp³-hybridized carbons (Fsp3) is 0.350. The van der Waals surface area contributed by atoms with Gasteiger partial charge in [-0.1, -0.05) is 23.4 Å². The minimum absolute atomic E-state index is 0. The highest BCUT2D eigenvalue weighted by Crippen LogP contribution is 2.13. The molecule has 12 heteroatoms. The van der Waals surface area contributed by atoms with Gasteiger partial charge in [0.05, 0.1) is 23.6 Å². The van der Waals surface area contributed by atoms with Crippen LogP contribution in [0.15, 0.2) is 64.4 Å². The summed E-state index contributed by atoms with van der Waals surface area (Å²) >= 11 is 0. The Balaban J connectivity index is 0.00000289. The largest absolute Gasteiger partial charge is 0.364 e. The first-order chi connectivity index (χ1) is 15.0. The minimum Gasteiger partial charge on any atom is -0.364 e. The van der Waals surface area contributed by atoms with Gasteiger partial charge in [0.15, 0.2) is 5.96 Å². The number of hydrogen-bond donors (Lipinski definition) is 1. The third-order valence-electron chi connectivity index (χ3n) is 5.06. The Morgan fingerprint density at radius 2 is 1.84 bits per heavy atom. The van der Waals surface area contributed by atoms with Crippen molar-refractivity contribution < 1.29 is 12.9 Å². The maximum Gasteiger partial charge on any atom is 0.220 e. The van der Waals surface area contributed by atoms with Crippen LogP contribution in [-0.4, -0.2) is 71.7 Å². The Morgan fingerprint density at radius 1 is 1.09 bits per heavy atom. The standard InChI is InChI=1S/C20H25N7O3S.HI/c1-21-20(22-15-17-7-9-27(23-17)19-5-3-2-4-6-19)25-10-12-26(13-11-25)31(28,29)16-18-8-14-30-24-18;/h2-9,14H,10-13,15-16H2,1H3,(H,21,22);1H. The second-order valence-corrected chi connectivity index (χ2v) is 9.09. The smallest absolute Gasteiger partial charge is 0.220 e. The number of guanidine groups is 1. The van der Waals surface area contributed by atoms with Crippen LogP contribution >= 0.6 is 24.0 Å². The van der Waals surface area contributed by atoms with Crippen molar-refractivity contribution in [3.63, 3.8) is 0 Å². The zero-order chi connectivity index (χ0) is 21.7. The van der Waals surface area contributed by atoms with Gasteiger partial charge in [0.1, 0.15) is 12.0 Å². The molecule has 0 amide bonds. The number of nitrogens with zero attached hydrogens (tertiary/aromatic N) is 6. The van der Waals surface area contributed by atoms with Gasteiger partial charge in [-0.3, -0.25) is 4.99 Å². The number of sulfonamides is 1. The van der Waals surface area contributed by atoms with E-state index in [0.29, 0.717) is 38.4 Å². The molecule has 172 valence electrons. The second-order valence-electron chi connectivity index (χ2n) is 7.12. The highest BCUT2D eigenvalue weighted by Gasteiger charge is 2.29. The van der Waals surface area contributed by atoms with E-state index in [9.17, 15) is 8.42 Å². The van der Waals surface area contributed by atoms with E-state index < -0.39 is 10.0 Å². The number of rotatable bonds is 6. The number of halogens is 1. The van der Waals surface area contributed by atoms with Crippen LogP contribution in [0.4, 0.5) is 0 Å². The van der Waals surface area contributed by atoms with Gasteiger partial charge < -0.3 is 14.7 Å². The zero-order valence-corrected chi connectivity index (χ0v) is 20.8. The first kappa shape index (κ1) is 24.2. The normalized spacial score (nSPS) is 15.4. The Bertz CT molecular complexity index is 1110. The zero-order valence-electron chi connectivity index (χ0n) is 17.7. The number of aromatic nitrogens is 3. The van der Waals surface area contributed by atoms with E-state index in [1.807, 2.05) is 47.3 Å². The molecule has 0 radical (unpaired) electrons. The van der Waals surface area contributed by atoms with Crippen LogP contribution in [0.3, 0.4) is 0 Å². The Hall–Kier alpha value is -2.45. The average molecular weight is 571 g/mol. The van der Waals surface area contributed by atoms with Gasteiger partial charge in [0, 0.05) is 45.5 Å². The van der Waals surface area contributed by atoms with Crippen LogP contribution in [0.25, 0.3) is 5.69 Å². The first-order valence-electron chi connectivity index (χ1n) is 9.98. The monoisotopic (exact) mass is 571 g/mol. The van der Waals surface area contributed by atoms with E-state index in [1.165, 1.54) is 10.6 Å². The summed E-state index contributed by atoms with van der Waals surface area (Å²) < 4.78 is 33.3. The van der Waals surface area contributed by atoms with Crippen molar-refractivity contribution in [1.29, 1.82) is 0 Å². The maximum absolute atomic E-state index is 12.6. The number of piperazine rings is 1. The van der Waals surface area contributed by atoms with Gasteiger partial charge in [0.25, 0.3) is 0 Å².